The number of nitro groups is 1. The quantitative estimate of drug-likeness (QED) is 0.312. The van der Waals surface area contributed by atoms with Crippen molar-refractivity contribution in [3.8, 4) is 5.75 Å². The highest BCUT2D eigenvalue weighted by Gasteiger charge is 2.25. The van der Waals surface area contributed by atoms with Crippen LogP contribution in [0.4, 0.5) is 5.69 Å². The molecule has 1 atom stereocenters. The molecule has 1 aromatic carbocycles. The Morgan fingerprint density at radius 1 is 1.21 bits per heavy atom. The van der Waals surface area contributed by atoms with Crippen molar-refractivity contribution < 1.29 is 19.2 Å². The van der Waals surface area contributed by atoms with E-state index in [1.54, 1.807) is 6.92 Å². The van der Waals surface area contributed by atoms with Crippen molar-refractivity contribution in [1.82, 2.24) is 4.90 Å². The number of ether oxygens (including phenoxy) is 2. The largest absolute Gasteiger partial charge is 0.475 e. The van der Waals surface area contributed by atoms with Gasteiger partial charge < -0.3 is 9.47 Å². The first kappa shape index (κ1) is 19.9. The van der Waals surface area contributed by atoms with Crippen LogP contribution in [0.1, 0.15) is 51.9 Å². The Hall–Kier alpha value is -2.15. The summed E-state index contributed by atoms with van der Waals surface area (Å²) in [5.41, 5.74) is -0.398. The molecule has 134 valence electrons. The Morgan fingerprint density at radius 3 is 2.25 bits per heavy atom. The average molecular weight is 338 g/mol. The van der Waals surface area contributed by atoms with Crippen molar-refractivity contribution in [3.05, 3.63) is 33.9 Å². The summed E-state index contributed by atoms with van der Waals surface area (Å²) < 4.78 is 10.8. The molecule has 0 saturated heterocycles. The van der Waals surface area contributed by atoms with Gasteiger partial charge in [0.2, 0.25) is 0 Å². The van der Waals surface area contributed by atoms with E-state index in [0.29, 0.717) is 5.75 Å². The zero-order chi connectivity index (χ0) is 18.4. The van der Waals surface area contributed by atoms with Gasteiger partial charge in [-0.25, -0.2) is 4.79 Å². The molecule has 0 aliphatic heterocycles. The summed E-state index contributed by atoms with van der Waals surface area (Å²) in [4.78, 5) is 24.6. The van der Waals surface area contributed by atoms with E-state index in [2.05, 4.69) is 32.6 Å². The van der Waals surface area contributed by atoms with Gasteiger partial charge in [-0.2, -0.15) is 0 Å². The predicted molar refractivity (Wildman–Crippen MR) is 91.3 cm³/mol. The molecule has 0 heterocycles. The molecule has 0 aliphatic rings. The molecule has 0 aromatic heterocycles. The van der Waals surface area contributed by atoms with Crippen LogP contribution in [-0.2, 0) is 4.74 Å². The monoisotopic (exact) mass is 338 g/mol. The molecule has 0 spiro atoms. The Kier molecular flexibility index (Phi) is 7.16. The van der Waals surface area contributed by atoms with Gasteiger partial charge in [-0.1, -0.05) is 0 Å². The van der Waals surface area contributed by atoms with Gasteiger partial charge in [0.05, 0.1) is 11.5 Å². The Morgan fingerprint density at radius 2 is 1.79 bits per heavy atom. The number of carbonyl (C=O) groups excluding carboxylic acids is 1. The maximum Gasteiger partial charge on any atom is 0.345 e. The fourth-order valence-electron chi connectivity index (χ4n) is 2.81. The Bertz CT molecular complexity index is 578. The first-order valence-corrected chi connectivity index (χ1v) is 8.08. The summed E-state index contributed by atoms with van der Waals surface area (Å²) in [5, 5.41) is 11.1. The standard InChI is InChI=1S/C17H26N2O5/c1-7-23-17(20)15-10-14(8-9-16(15)19(21)22)24-13(6)18(11(2)3)12(4)5/h8-13H,7H2,1-6H3. The molecule has 1 rings (SSSR count). The van der Waals surface area contributed by atoms with Crippen molar-refractivity contribution in [3.63, 3.8) is 0 Å². The van der Waals surface area contributed by atoms with Gasteiger partial charge in [-0.3, -0.25) is 15.0 Å². The topological polar surface area (TPSA) is 81.9 Å². The third kappa shape index (κ3) is 4.92. The molecule has 0 amide bonds. The minimum atomic E-state index is -0.730. The molecule has 0 saturated carbocycles. The molecule has 1 aromatic rings. The maximum absolute atomic E-state index is 12.0. The fourth-order valence-corrected chi connectivity index (χ4v) is 2.81. The lowest BCUT2D eigenvalue weighted by Gasteiger charge is -2.36. The molecule has 7 heteroatoms. The van der Waals surface area contributed by atoms with Crippen molar-refractivity contribution in [2.45, 2.75) is 59.9 Å². The SMILES string of the molecule is CCOC(=O)c1cc(OC(C)N(C(C)C)C(C)C)ccc1[N+](=O)[O-]. The normalized spacial score (nSPS) is 12.5. The van der Waals surface area contributed by atoms with E-state index in [1.807, 2.05) is 6.92 Å². The van der Waals surface area contributed by atoms with E-state index in [1.165, 1.54) is 18.2 Å². The molecule has 0 fully saturated rings. The highest BCUT2D eigenvalue weighted by atomic mass is 16.6. The van der Waals surface area contributed by atoms with E-state index >= 15 is 0 Å². The lowest BCUT2D eigenvalue weighted by Crippen LogP contribution is -2.46. The minimum Gasteiger partial charge on any atom is -0.475 e. The van der Waals surface area contributed by atoms with Crippen LogP contribution in [0.15, 0.2) is 18.2 Å². The number of rotatable bonds is 8. The second-order valence-corrected chi connectivity index (χ2v) is 6.01. The van der Waals surface area contributed by atoms with Gasteiger partial charge in [-0.05, 0) is 47.6 Å². The molecular formula is C17H26N2O5. The summed E-state index contributed by atoms with van der Waals surface area (Å²) in [7, 11) is 0. The minimum absolute atomic E-state index is 0.104. The maximum atomic E-state index is 12.0. The second-order valence-electron chi connectivity index (χ2n) is 6.01. The first-order valence-electron chi connectivity index (χ1n) is 8.08. The molecule has 0 N–H and O–H groups in total. The smallest absolute Gasteiger partial charge is 0.345 e. The predicted octanol–water partition coefficient (Wildman–Crippen LogP) is 3.62. The molecule has 0 aliphatic carbocycles. The van der Waals surface area contributed by atoms with Crippen LogP contribution in [0.25, 0.3) is 0 Å². The second kappa shape index (κ2) is 8.63. The zero-order valence-electron chi connectivity index (χ0n) is 15.1. The zero-order valence-corrected chi connectivity index (χ0v) is 15.1. The van der Waals surface area contributed by atoms with Gasteiger partial charge in [0.15, 0.2) is 0 Å². The number of carbonyl (C=O) groups is 1. The molecule has 7 nitrogen and oxygen atoms in total. The van der Waals surface area contributed by atoms with Crippen LogP contribution in [0.5, 0.6) is 5.75 Å². The van der Waals surface area contributed by atoms with E-state index in [0.717, 1.165) is 0 Å². The van der Waals surface area contributed by atoms with Gasteiger partial charge in [0, 0.05) is 24.2 Å². The fraction of sp³-hybridized carbons (Fsp3) is 0.588. The van der Waals surface area contributed by atoms with Crippen LogP contribution in [-0.4, -0.2) is 40.7 Å². The molecule has 1 unspecified atom stereocenters. The van der Waals surface area contributed by atoms with E-state index < -0.39 is 10.9 Å². The highest BCUT2D eigenvalue weighted by molar-refractivity contribution is 5.94. The number of benzene rings is 1. The van der Waals surface area contributed by atoms with E-state index in [9.17, 15) is 14.9 Å². The Labute approximate surface area is 142 Å². The molecule has 0 radical (unpaired) electrons. The summed E-state index contributed by atoms with van der Waals surface area (Å²) in [6, 6.07) is 4.66. The molecular weight excluding hydrogens is 312 g/mol. The van der Waals surface area contributed by atoms with Gasteiger partial charge in [-0.15, -0.1) is 0 Å². The number of nitrogens with zero attached hydrogens (tertiary/aromatic N) is 2. The number of hydrogen-bond acceptors (Lipinski definition) is 6. The summed E-state index contributed by atoms with van der Waals surface area (Å²) in [6.45, 7) is 12.0. The van der Waals surface area contributed by atoms with Crippen LogP contribution >= 0.6 is 0 Å². The number of hydrogen-bond donors (Lipinski definition) is 0. The van der Waals surface area contributed by atoms with E-state index in [-0.39, 0.29) is 36.2 Å². The van der Waals surface area contributed by atoms with Crippen molar-refractivity contribution in [2.75, 3.05) is 6.61 Å². The number of esters is 1. The molecule has 24 heavy (non-hydrogen) atoms. The average Bonchev–Trinajstić information content (AvgIpc) is 2.46. The third-order valence-electron chi connectivity index (χ3n) is 3.58. The first-order chi connectivity index (χ1) is 11.2. The van der Waals surface area contributed by atoms with Crippen LogP contribution in [0, 0.1) is 10.1 Å². The summed E-state index contributed by atoms with van der Waals surface area (Å²) in [5.74, 6) is -0.339. The summed E-state index contributed by atoms with van der Waals surface area (Å²) >= 11 is 0. The van der Waals surface area contributed by atoms with Crippen LogP contribution in [0.2, 0.25) is 0 Å². The van der Waals surface area contributed by atoms with E-state index in [4.69, 9.17) is 9.47 Å². The van der Waals surface area contributed by atoms with Crippen molar-refractivity contribution in [2.24, 2.45) is 0 Å². The molecule has 0 bridgehead atoms. The van der Waals surface area contributed by atoms with Gasteiger partial charge >= 0.3 is 5.97 Å². The number of nitro benzene ring substituents is 1. The van der Waals surface area contributed by atoms with Crippen molar-refractivity contribution >= 4 is 11.7 Å². The highest BCUT2D eigenvalue weighted by Crippen LogP contribution is 2.26. The Balaban J connectivity index is 3.11. The lowest BCUT2D eigenvalue weighted by molar-refractivity contribution is -0.385. The summed E-state index contributed by atoms with van der Waals surface area (Å²) in [6.07, 6.45) is -0.249. The third-order valence-corrected chi connectivity index (χ3v) is 3.58. The van der Waals surface area contributed by atoms with Crippen molar-refractivity contribution in [1.29, 1.82) is 0 Å². The van der Waals surface area contributed by atoms with Gasteiger partial charge in [0.25, 0.3) is 5.69 Å². The lowest BCUT2D eigenvalue weighted by atomic mass is 10.1. The van der Waals surface area contributed by atoms with Crippen LogP contribution < -0.4 is 4.74 Å². The van der Waals surface area contributed by atoms with Crippen LogP contribution in [0.3, 0.4) is 0 Å². The van der Waals surface area contributed by atoms with Gasteiger partial charge in [0.1, 0.15) is 17.5 Å².